The first-order valence-corrected chi connectivity index (χ1v) is 8.12. The topological polar surface area (TPSA) is 70.1 Å². The second-order valence-electron chi connectivity index (χ2n) is 5.71. The molecule has 1 fully saturated rings. The minimum atomic E-state index is -4.54. The second kappa shape index (κ2) is 7.05. The van der Waals surface area contributed by atoms with E-state index in [9.17, 15) is 13.2 Å². The van der Waals surface area contributed by atoms with Crippen LogP contribution in [0.4, 0.5) is 30.6 Å². The van der Waals surface area contributed by atoms with Gasteiger partial charge in [0.1, 0.15) is 5.82 Å². The lowest BCUT2D eigenvalue weighted by Crippen LogP contribution is -2.12. The minimum Gasteiger partial charge on any atom is -0.395 e. The standard InChI is InChI=1S/C16H16ClF3N4O/c17-11-3-1-2-10(16(18,19)20)14(11)23-13-8-12(9-4-5-9)22-15(24-13)21-6-7-25/h1-3,8-9,25H,4-7H2,(H2,21,22,23,24). The highest BCUT2D eigenvalue weighted by Crippen LogP contribution is 2.42. The Morgan fingerprint density at radius 3 is 2.64 bits per heavy atom. The molecule has 0 amide bonds. The fourth-order valence-electron chi connectivity index (χ4n) is 2.38. The molecule has 1 heterocycles. The molecule has 0 bridgehead atoms. The van der Waals surface area contributed by atoms with E-state index in [-0.39, 0.29) is 41.5 Å². The largest absolute Gasteiger partial charge is 0.418 e. The van der Waals surface area contributed by atoms with Crippen LogP contribution in [0.5, 0.6) is 0 Å². The Morgan fingerprint density at radius 1 is 1.24 bits per heavy atom. The predicted octanol–water partition coefficient (Wildman–Crippen LogP) is 4.17. The van der Waals surface area contributed by atoms with Gasteiger partial charge in [-0.2, -0.15) is 18.2 Å². The van der Waals surface area contributed by atoms with E-state index >= 15 is 0 Å². The van der Waals surface area contributed by atoms with Gasteiger partial charge >= 0.3 is 6.18 Å². The normalized spacial score (nSPS) is 14.4. The maximum atomic E-state index is 13.2. The van der Waals surface area contributed by atoms with E-state index in [0.29, 0.717) is 0 Å². The van der Waals surface area contributed by atoms with Crippen LogP contribution in [0.15, 0.2) is 24.3 Å². The lowest BCUT2D eigenvalue weighted by Gasteiger charge is -2.16. The summed E-state index contributed by atoms with van der Waals surface area (Å²) in [6.07, 6.45) is -2.58. The molecule has 2 aromatic rings. The van der Waals surface area contributed by atoms with Crippen molar-refractivity contribution in [2.24, 2.45) is 0 Å². The number of hydrogen-bond donors (Lipinski definition) is 3. The van der Waals surface area contributed by atoms with Crippen LogP contribution in [0.1, 0.15) is 30.0 Å². The SMILES string of the molecule is OCCNc1nc(Nc2c(Cl)cccc2C(F)(F)F)cc(C2CC2)n1. The average Bonchev–Trinajstić information content (AvgIpc) is 3.38. The molecule has 1 aromatic heterocycles. The molecule has 1 aliphatic carbocycles. The molecule has 0 radical (unpaired) electrons. The van der Waals surface area contributed by atoms with E-state index in [1.54, 1.807) is 6.07 Å². The minimum absolute atomic E-state index is 0.0497. The van der Waals surface area contributed by atoms with Gasteiger partial charge < -0.3 is 15.7 Å². The van der Waals surface area contributed by atoms with Gasteiger partial charge in [0.05, 0.1) is 28.6 Å². The van der Waals surface area contributed by atoms with Gasteiger partial charge in [-0.3, -0.25) is 0 Å². The molecule has 1 aromatic carbocycles. The number of rotatable bonds is 6. The average molecular weight is 373 g/mol. The number of aromatic nitrogens is 2. The molecule has 9 heteroatoms. The summed E-state index contributed by atoms with van der Waals surface area (Å²) in [7, 11) is 0. The fourth-order valence-corrected chi connectivity index (χ4v) is 2.60. The van der Waals surface area contributed by atoms with E-state index in [2.05, 4.69) is 20.6 Å². The summed E-state index contributed by atoms with van der Waals surface area (Å²) in [5.74, 6) is 0.754. The van der Waals surface area contributed by atoms with E-state index in [1.807, 2.05) is 0 Å². The van der Waals surface area contributed by atoms with Gasteiger partial charge in [0.25, 0.3) is 0 Å². The van der Waals surface area contributed by atoms with E-state index in [1.165, 1.54) is 12.1 Å². The quantitative estimate of drug-likeness (QED) is 0.709. The molecule has 25 heavy (non-hydrogen) atoms. The van der Waals surface area contributed by atoms with Gasteiger partial charge in [0.15, 0.2) is 0 Å². The molecule has 0 saturated heterocycles. The number of anilines is 3. The van der Waals surface area contributed by atoms with Crippen molar-refractivity contribution in [1.82, 2.24) is 9.97 Å². The smallest absolute Gasteiger partial charge is 0.395 e. The van der Waals surface area contributed by atoms with Crippen LogP contribution in [-0.2, 0) is 6.18 Å². The molecule has 3 rings (SSSR count). The van der Waals surface area contributed by atoms with Crippen molar-refractivity contribution >= 4 is 29.1 Å². The van der Waals surface area contributed by atoms with Crippen molar-refractivity contribution < 1.29 is 18.3 Å². The van der Waals surface area contributed by atoms with Gasteiger partial charge in [-0.25, -0.2) is 4.98 Å². The Kier molecular flexibility index (Phi) is 5.01. The summed E-state index contributed by atoms with van der Waals surface area (Å²) >= 11 is 5.97. The molecule has 0 aliphatic heterocycles. The van der Waals surface area contributed by atoms with Crippen molar-refractivity contribution in [2.75, 3.05) is 23.8 Å². The first-order valence-electron chi connectivity index (χ1n) is 7.75. The number of alkyl halides is 3. The Bertz CT molecular complexity index is 766. The lowest BCUT2D eigenvalue weighted by atomic mass is 10.1. The van der Waals surface area contributed by atoms with E-state index < -0.39 is 11.7 Å². The number of halogens is 4. The maximum absolute atomic E-state index is 13.2. The molecular formula is C16H16ClF3N4O. The van der Waals surface area contributed by atoms with Crippen LogP contribution in [0.2, 0.25) is 5.02 Å². The van der Waals surface area contributed by atoms with Gasteiger partial charge in [-0.1, -0.05) is 17.7 Å². The Hall–Kier alpha value is -2.06. The molecule has 0 unspecified atom stereocenters. The van der Waals surface area contributed by atoms with Gasteiger partial charge in [0.2, 0.25) is 5.95 Å². The monoisotopic (exact) mass is 372 g/mol. The van der Waals surface area contributed by atoms with Crippen molar-refractivity contribution in [3.05, 3.63) is 40.5 Å². The zero-order valence-electron chi connectivity index (χ0n) is 13.1. The van der Waals surface area contributed by atoms with E-state index in [4.69, 9.17) is 16.7 Å². The van der Waals surface area contributed by atoms with Gasteiger partial charge in [-0.15, -0.1) is 0 Å². The highest BCUT2D eigenvalue weighted by Gasteiger charge is 2.34. The van der Waals surface area contributed by atoms with Crippen molar-refractivity contribution in [3.8, 4) is 0 Å². The molecule has 0 atom stereocenters. The molecule has 1 saturated carbocycles. The van der Waals surface area contributed by atoms with Gasteiger partial charge in [-0.05, 0) is 25.0 Å². The van der Waals surface area contributed by atoms with Crippen molar-refractivity contribution in [2.45, 2.75) is 24.9 Å². The lowest BCUT2D eigenvalue weighted by molar-refractivity contribution is -0.136. The first-order chi connectivity index (χ1) is 11.9. The number of benzene rings is 1. The van der Waals surface area contributed by atoms with Crippen LogP contribution in [0.3, 0.4) is 0 Å². The summed E-state index contributed by atoms with van der Waals surface area (Å²) in [6.45, 7) is 0.135. The van der Waals surface area contributed by atoms with Crippen LogP contribution in [0.25, 0.3) is 0 Å². The Balaban J connectivity index is 1.96. The van der Waals surface area contributed by atoms with Crippen molar-refractivity contribution in [3.63, 3.8) is 0 Å². The number of aliphatic hydroxyl groups is 1. The third-order valence-corrected chi connectivity index (χ3v) is 4.02. The zero-order chi connectivity index (χ0) is 18.0. The Morgan fingerprint density at radius 2 is 2.00 bits per heavy atom. The van der Waals surface area contributed by atoms with Crippen LogP contribution >= 0.6 is 11.6 Å². The number of nitrogens with one attached hydrogen (secondary N) is 2. The summed E-state index contributed by atoms with van der Waals surface area (Å²) in [4.78, 5) is 8.51. The predicted molar refractivity (Wildman–Crippen MR) is 89.3 cm³/mol. The van der Waals surface area contributed by atoms with E-state index in [0.717, 1.165) is 24.6 Å². The summed E-state index contributed by atoms with van der Waals surface area (Å²) in [6, 6.07) is 5.22. The number of hydrogen-bond acceptors (Lipinski definition) is 5. The first kappa shape index (κ1) is 17.8. The fraction of sp³-hybridized carbons (Fsp3) is 0.375. The second-order valence-corrected chi connectivity index (χ2v) is 6.12. The summed E-state index contributed by atoms with van der Waals surface area (Å²) < 4.78 is 39.7. The van der Waals surface area contributed by atoms with Crippen LogP contribution in [0, 0.1) is 0 Å². The summed E-state index contributed by atoms with van der Waals surface area (Å²) in [5.41, 5.74) is -0.361. The number of aliphatic hydroxyl groups excluding tert-OH is 1. The van der Waals surface area contributed by atoms with Crippen molar-refractivity contribution in [1.29, 1.82) is 0 Å². The molecule has 0 spiro atoms. The maximum Gasteiger partial charge on any atom is 0.418 e. The molecule has 134 valence electrons. The number of nitrogens with zero attached hydrogens (tertiary/aromatic N) is 2. The molecule has 1 aliphatic rings. The molecule has 5 nitrogen and oxygen atoms in total. The van der Waals surface area contributed by atoms with Gasteiger partial charge in [0, 0.05) is 18.5 Å². The zero-order valence-corrected chi connectivity index (χ0v) is 13.8. The highest BCUT2D eigenvalue weighted by atomic mass is 35.5. The molecule has 3 N–H and O–H groups in total. The Labute approximate surface area is 147 Å². The number of para-hydroxylation sites is 1. The third-order valence-electron chi connectivity index (χ3n) is 3.71. The van der Waals surface area contributed by atoms with Crippen LogP contribution in [-0.4, -0.2) is 28.2 Å². The highest BCUT2D eigenvalue weighted by molar-refractivity contribution is 6.33. The molecular weight excluding hydrogens is 357 g/mol. The summed E-state index contributed by atoms with van der Waals surface area (Å²) in [5, 5.41) is 14.4. The van der Waals surface area contributed by atoms with Crippen LogP contribution < -0.4 is 10.6 Å². The third kappa shape index (κ3) is 4.32.